The number of nitrogens with one attached hydrogen (secondary N) is 1. The molecular formula is C16H12Cl2F3NO2. The number of rotatable bonds is 3. The van der Waals surface area contributed by atoms with Crippen LogP contribution in [0.25, 0.3) is 0 Å². The second-order valence-corrected chi connectivity index (χ2v) is 5.79. The molecule has 8 heteroatoms. The number of carbonyl (C=O) groups is 1. The van der Waals surface area contributed by atoms with Gasteiger partial charge in [0.25, 0.3) is 5.91 Å². The molecule has 0 bridgehead atoms. The minimum Gasteiger partial charge on any atom is -0.506 e. The summed E-state index contributed by atoms with van der Waals surface area (Å²) in [6, 6.07) is 5.29. The smallest absolute Gasteiger partial charge is 0.416 e. The van der Waals surface area contributed by atoms with E-state index < -0.39 is 23.4 Å². The van der Waals surface area contributed by atoms with E-state index in [0.717, 1.165) is 11.6 Å². The Morgan fingerprint density at radius 1 is 1.17 bits per heavy atom. The first-order chi connectivity index (χ1) is 11.1. The van der Waals surface area contributed by atoms with Crippen molar-refractivity contribution in [2.75, 3.05) is 5.32 Å². The van der Waals surface area contributed by atoms with Crippen LogP contribution in [-0.2, 0) is 12.6 Å². The monoisotopic (exact) mass is 377 g/mol. The predicted molar refractivity (Wildman–Crippen MR) is 86.9 cm³/mol. The molecule has 0 spiro atoms. The molecule has 24 heavy (non-hydrogen) atoms. The summed E-state index contributed by atoms with van der Waals surface area (Å²) in [5, 5.41) is 12.0. The normalized spacial score (nSPS) is 11.4. The summed E-state index contributed by atoms with van der Waals surface area (Å²) in [6.07, 6.45) is -3.96. The van der Waals surface area contributed by atoms with Crippen LogP contribution in [0.2, 0.25) is 10.0 Å². The molecule has 0 aliphatic carbocycles. The van der Waals surface area contributed by atoms with Gasteiger partial charge in [0.1, 0.15) is 5.75 Å². The third-order valence-electron chi connectivity index (χ3n) is 3.31. The number of alkyl halides is 3. The Bertz CT molecular complexity index is 768. The van der Waals surface area contributed by atoms with Gasteiger partial charge in [-0.15, -0.1) is 0 Å². The van der Waals surface area contributed by atoms with Gasteiger partial charge in [-0.05, 0) is 42.3 Å². The second kappa shape index (κ2) is 6.91. The van der Waals surface area contributed by atoms with E-state index in [2.05, 4.69) is 5.32 Å². The SMILES string of the molecule is CCc1cc(Cl)c(C(=O)Nc2cc(C(F)(F)F)ccc2O)c(Cl)c1. The molecule has 128 valence electrons. The molecule has 0 atom stereocenters. The minimum absolute atomic E-state index is 0.0725. The van der Waals surface area contributed by atoms with Gasteiger partial charge in [-0.3, -0.25) is 4.79 Å². The van der Waals surface area contributed by atoms with Gasteiger partial charge in [0, 0.05) is 0 Å². The fourth-order valence-corrected chi connectivity index (χ4v) is 2.75. The van der Waals surface area contributed by atoms with Gasteiger partial charge in [-0.25, -0.2) is 0 Å². The number of carbonyl (C=O) groups excluding carboxylic acids is 1. The molecular weight excluding hydrogens is 366 g/mol. The highest BCUT2D eigenvalue weighted by Crippen LogP contribution is 2.35. The van der Waals surface area contributed by atoms with Crippen molar-refractivity contribution < 1.29 is 23.1 Å². The molecule has 0 fully saturated rings. The molecule has 0 heterocycles. The lowest BCUT2D eigenvalue weighted by Crippen LogP contribution is -2.14. The molecule has 0 aliphatic heterocycles. The van der Waals surface area contributed by atoms with Crippen LogP contribution < -0.4 is 5.32 Å². The van der Waals surface area contributed by atoms with Gasteiger partial charge in [0.2, 0.25) is 0 Å². The standard InChI is InChI=1S/C16H12Cl2F3NO2/c1-2-8-5-10(17)14(11(18)6-8)15(24)22-12-7-9(16(19,20)21)3-4-13(12)23/h3-7,23H,2H2,1H3,(H,22,24). The number of amides is 1. The fraction of sp³-hybridized carbons (Fsp3) is 0.188. The van der Waals surface area contributed by atoms with E-state index in [1.807, 2.05) is 6.92 Å². The van der Waals surface area contributed by atoms with Crippen LogP contribution in [-0.4, -0.2) is 11.0 Å². The highest BCUT2D eigenvalue weighted by Gasteiger charge is 2.31. The summed E-state index contributed by atoms with van der Waals surface area (Å²) >= 11 is 12.1. The van der Waals surface area contributed by atoms with Crippen LogP contribution >= 0.6 is 23.2 Å². The Hall–Kier alpha value is -1.92. The number of benzene rings is 2. The Labute approximate surface area is 146 Å². The second-order valence-electron chi connectivity index (χ2n) is 4.97. The van der Waals surface area contributed by atoms with E-state index in [4.69, 9.17) is 23.2 Å². The largest absolute Gasteiger partial charge is 0.506 e. The van der Waals surface area contributed by atoms with Crippen molar-refractivity contribution in [3.8, 4) is 5.75 Å². The zero-order chi connectivity index (χ0) is 18.1. The van der Waals surface area contributed by atoms with Gasteiger partial charge in [0.05, 0.1) is 26.9 Å². The van der Waals surface area contributed by atoms with Crippen molar-refractivity contribution in [1.29, 1.82) is 0 Å². The van der Waals surface area contributed by atoms with Crippen LogP contribution in [0.3, 0.4) is 0 Å². The third kappa shape index (κ3) is 3.94. The lowest BCUT2D eigenvalue weighted by molar-refractivity contribution is -0.137. The lowest BCUT2D eigenvalue weighted by Gasteiger charge is -2.13. The van der Waals surface area contributed by atoms with Crippen molar-refractivity contribution in [1.82, 2.24) is 0 Å². The number of phenols is 1. The summed E-state index contributed by atoms with van der Waals surface area (Å²) < 4.78 is 38.2. The summed E-state index contributed by atoms with van der Waals surface area (Å²) in [5.74, 6) is -1.32. The van der Waals surface area contributed by atoms with Crippen molar-refractivity contribution in [2.24, 2.45) is 0 Å². The number of anilines is 1. The maximum Gasteiger partial charge on any atom is 0.416 e. The number of phenolic OH excluding ortho intramolecular Hbond substituents is 1. The highest BCUT2D eigenvalue weighted by molar-refractivity contribution is 6.40. The molecule has 0 radical (unpaired) electrons. The number of halogens is 5. The quantitative estimate of drug-likeness (QED) is 0.690. The van der Waals surface area contributed by atoms with E-state index in [1.165, 1.54) is 0 Å². The fourth-order valence-electron chi connectivity index (χ4n) is 2.04. The van der Waals surface area contributed by atoms with Crippen molar-refractivity contribution in [3.05, 3.63) is 57.1 Å². The molecule has 0 unspecified atom stereocenters. The Morgan fingerprint density at radius 2 is 1.75 bits per heavy atom. The number of hydrogen-bond donors (Lipinski definition) is 2. The van der Waals surface area contributed by atoms with Crippen LogP contribution in [0, 0.1) is 0 Å². The number of hydrogen-bond acceptors (Lipinski definition) is 2. The molecule has 2 aromatic carbocycles. The van der Waals surface area contributed by atoms with Crippen LogP contribution in [0.5, 0.6) is 5.75 Å². The van der Waals surface area contributed by atoms with Gasteiger partial charge >= 0.3 is 6.18 Å². The first kappa shape index (κ1) is 18.4. The zero-order valence-electron chi connectivity index (χ0n) is 12.3. The van der Waals surface area contributed by atoms with E-state index in [0.29, 0.717) is 18.6 Å². The lowest BCUT2D eigenvalue weighted by atomic mass is 10.1. The summed E-state index contributed by atoms with van der Waals surface area (Å²) in [4.78, 5) is 12.3. The molecule has 0 aromatic heterocycles. The van der Waals surface area contributed by atoms with Crippen LogP contribution in [0.15, 0.2) is 30.3 Å². The van der Waals surface area contributed by atoms with Crippen molar-refractivity contribution >= 4 is 34.8 Å². The molecule has 0 saturated carbocycles. The summed E-state index contributed by atoms with van der Waals surface area (Å²) in [6.45, 7) is 1.88. The predicted octanol–water partition coefficient (Wildman–Crippen LogP) is 5.53. The van der Waals surface area contributed by atoms with E-state index in [9.17, 15) is 23.1 Å². The Morgan fingerprint density at radius 3 is 2.25 bits per heavy atom. The van der Waals surface area contributed by atoms with Gasteiger partial charge in [-0.2, -0.15) is 13.2 Å². The summed E-state index contributed by atoms with van der Waals surface area (Å²) in [7, 11) is 0. The summed E-state index contributed by atoms with van der Waals surface area (Å²) in [5.41, 5.74) is -0.661. The molecule has 3 nitrogen and oxygen atoms in total. The van der Waals surface area contributed by atoms with Crippen molar-refractivity contribution in [2.45, 2.75) is 19.5 Å². The first-order valence-electron chi connectivity index (χ1n) is 6.83. The average molecular weight is 378 g/mol. The molecule has 2 N–H and O–H groups in total. The molecule has 2 rings (SSSR count). The van der Waals surface area contributed by atoms with E-state index >= 15 is 0 Å². The van der Waals surface area contributed by atoms with Crippen LogP contribution in [0.1, 0.15) is 28.4 Å². The van der Waals surface area contributed by atoms with E-state index in [1.54, 1.807) is 12.1 Å². The maximum atomic E-state index is 12.7. The molecule has 2 aromatic rings. The highest BCUT2D eigenvalue weighted by atomic mass is 35.5. The van der Waals surface area contributed by atoms with Crippen molar-refractivity contribution in [3.63, 3.8) is 0 Å². The molecule has 0 aliphatic rings. The van der Waals surface area contributed by atoms with Gasteiger partial charge in [0.15, 0.2) is 0 Å². The van der Waals surface area contributed by atoms with E-state index in [-0.39, 0.29) is 21.3 Å². The Kier molecular flexibility index (Phi) is 5.30. The Balaban J connectivity index is 2.37. The first-order valence-corrected chi connectivity index (χ1v) is 7.58. The van der Waals surface area contributed by atoms with Gasteiger partial charge < -0.3 is 10.4 Å². The minimum atomic E-state index is -4.61. The number of aryl methyl sites for hydroxylation is 1. The average Bonchev–Trinajstić information content (AvgIpc) is 2.47. The maximum absolute atomic E-state index is 12.7. The third-order valence-corrected chi connectivity index (χ3v) is 3.91. The number of aromatic hydroxyl groups is 1. The molecule has 0 saturated heterocycles. The van der Waals surface area contributed by atoms with Crippen LogP contribution in [0.4, 0.5) is 18.9 Å². The topological polar surface area (TPSA) is 49.3 Å². The molecule has 1 amide bonds. The van der Waals surface area contributed by atoms with Gasteiger partial charge in [-0.1, -0.05) is 30.1 Å². The zero-order valence-corrected chi connectivity index (χ0v) is 13.9.